The number of hydrogen-bond donors (Lipinski definition) is 0. The van der Waals surface area contributed by atoms with Crippen molar-refractivity contribution >= 4 is 5.57 Å². The molecule has 0 N–H and O–H groups in total. The second-order valence-electron chi connectivity index (χ2n) is 9.78. The molecule has 214 valence electrons. The van der Waals surface area contributed by atoms with Crippen LogP contribution in [0.5, 0.6) is 0 Å². The van der Waals surface area contributed by atoms with Crippen LogP contribution in [0.4, 0.5) is 0 Å². The van der Waals surface area contributed by atoms with Gasteiger partial charge in [0.2, 0.25) is 0 Å². The van der Waals surface area contributed by atoms with Crippen LogP contribution in [0.25, 0.3) is 16.7 Å². The van der Waals surface area contributed by atoms with Gasteiger partial charge in [-0.25, -0.2) is 0 Å². The van der Waals surface area contributed by atoms with E-state index in [4.69, 9.17) is 0 Å². The quantitative estimate of drug-likeness (QED) is 0.215. The van der Waals surface area contributed by atoms with E-state index >= 15 is 0 Å². The Bertz CT molecular complexity index is 1270. The fourth-order valence-corrected chi connectivity index (χ4v) is 5.06. The second kappa shape index (κ2) is 19.8. The highest BCUT2D eigenvalue weighted by Gasteiger charge is 2.28. The fraction of sp³-hybridized carbons (Fsp3) is 0.220. The van der Waals surface area contributed by atoms with Crippen molar-refractivity contribution in [3.8, 4) is 11.1 Å². The first-order valence-corrected chi connectivity index (χ1v) is 14.6. The summed E-state index contributed by atoms with van der Waals surface area (Å²) in [5.74, 6) is 0.990. The number of rotatable bonds is 6. The van der Waals surface area contributed by atoms with Gasteiger partial charge in [-0.3, -0.25) is 0 Å². The van der Waals surface area contributed by atoms with E-state index < -0.39 is 0 Å². The highest BCUT2D eigenvalue weighted by atomic mass is 14.3. The van der Waals surface area contributed by atoms with Crippen LogP contribution in [0.2, 0.25) is 0 Å². The molecule has 0 aliphatic heterocycles. The molecule has 4 rings (SSSR count). The lowest BCUT2D eigenvalue weighted by atomic mass is 9.80. The zero-order chi connectivity index (χ0) is 30.6. The van der Waals surface area contributed by atoms with Crippen LogP contribution in [0.1, 0.15) is 73.3 Å². The summed E-state index contributed by atoms with van der Waals surface area (Å²) < 4.78 is 0. The number of fused-ring (bicyclic) bond motifs is 1. The first kappa shape index (κ1) is 34.9. The Hall–Kier alpha value is -4.16. The van der Waals surface area contributed by atoms with Gasteiger partial charge in [0, 0.05) is 0 Å². The van der Waals surface area contributed by atoms with Crippen LogP contribution in [-0.2, 0) is 0 Å². The Morgan fingerprint density at radius 1 is 0.659 bits per heavy atom. The van der Waals surface area contributed by atoms with Gasteiger partial charge in [0.05, 0.1) is 0 Å². The van der Waals surface area contributed by atoms with Crippen molar-refractivity contribution in [2.24, 2.45) is 0 Å². The van der Waals surface area contributed by atoms with Crippen molar-refractivity contribution in [2.45, 2.75) is 59.3 Å². The third-order valence-corrected chi connectivity index (χ3v) is 6.88. The highest BCUT2D eigenvalue weighted by molar-refractivity contribution is 5.77. The molecule has 3 aromatic rings. The lowest BCUT2D eigenvalue weighted by Gasteiger charge is -2.24. The maximum atomic E-state index is 3.82. The Morgan fingerprint density at radius 2 is 1.24 bits per heavy atom. The van der Waals surface area contributed by atoms with Crippen LogP contribution < -0.4 is 0 Å². The van der Waals surface area contributed by atoms with Crippen LogP contribution in [-0.4, -0.2) is 0 Å². The van der Waals surface area contributed by atoms with E-state index in [0.717, 1.165) is 12.8 Å². The average Bonchev–Trinajstić information content (AvgIpc) is 3.14. The van der Waals surface area contributed by atoms with Crippen LogP contribution in [0.3, 0.4) is 0 Å². The van der Waals surface area contributed by atoms with Crippen molar-refractivity contribution in [1.82, 2.24) is 0 Å². The Kier molecular flexibility index (Phi) is 16.9. The van der Waals surface area contributed by atoms with Crippen molar-refractivity contribution in [3.63, 3.8) is 0 Å². The zero-order valence-electron chi connectivity index (χ0n) is 26.1. The molecule has 41 heavy (non-hydrogen) atoms. The SMILES string of the molecule is C=C/C=C\C=C1/CCC(c2cc(C)cc(C)c2)C(C)c2ccc(-c3ccccc3)cc21.C=CC=C.C=CC=C.CC. The molecule has 0 heteroatoms. The molecule has 0 nitrogen and oxygen atoms in total. The molecule has 3 aromatic carbocycles. The number of aryl methyl sites for hydroxylation is 2. The largest absolute Gasteiger partial charge is 0.0991 e. The minimum Gasteiger partial charge on any atom is -0.0991 e. The third-order valence-electron chi connectivity index (χ3n) is 6.88. The first-order chi connectivity index (χ1) is 19.9. The molecule has 2 atom stereocenters. The Morgan fingerprint density at radius 3 is 1.78 bits per heavy atom. The third kappa shape index (κ3) is 11.1. The van der Waals surface area contributed by atoms with E-state index in [2.05, 4.69) is 133 Å². The summed E-state index contributed by atoms with van der Waals surface area (Å²) in [4.78, 5) is 0. The summed E-state index contributed by atoms with van der Waals surface area (Å²) in [6.07, 6.45) is 17.1. The molecular formula is C41H50. The molecular weight excluding hydrogens is 492 g/mol. The van der Waals surface area contributed by atoms with Crippen LogP contribution in [0, 0.1) is 13.8 Å². The normalized spacial score (nSPS) is 16.2. The second-order valence-corrected chi connectivity index (χ2v) is 9.78. The average molecular weight is 543 g/mol. The molecule has 0 spiro atoms. The molecule has 0 heterocycles. The standard InChI is InChI=1S/C31H32.2C4H6.C2H6/c1-5-6-8-13-26-14-16-29(28-19-22(2)18-23(3)20-28)24(4)30-17-15-27(21-31(26)30)25-11-9-7-10-12-25;2*1-3-4-2;1-2/h5-13,15,17-21,24,29H,1,14,16H2,2-4H3;2*3-4H,1-2H2;1-2H3/b8-6-,26-13+;;;. The van der Waals surface area contributed by atoms with Gasteiger partial charge in [0.15, 0.2) is 0 Å². The predicted molar refractivity (Wildman–Crippen MR) is 188 cm³/mol. The first-order valence-electron chi connectivity index (χ1n) is 14.6. The topological polar surface area (TPSA) is 0 Å². The monoisotopic (exact) mass is 542 g/mol. The maximum Gasteiger partial charge on any atom is -0.00922 e. The highest BCUT2D eigenvalue weighted by Crippen LogP contribution is 2.45. The van der Waals surface area contributed by atoms with E-state index in [1.54, 1.807) is 24.3 Å². The molecule has 0 saturated heterocycles. The van der Waals surface area contributed by atoms with E-state index in [9.17, 15) is 0 Å². The van der Waals surface area contributed by atoms with E-state index in [1.807, 2.05) is 26.0 Å². The number of hydrogen-bond acceptors (Lipinski definition) is 0. The van der Waals surface area contributed by atoms with E-state index in [-0.39, 0.29) is 0 Å². The van der Waals surface area contributed by atoms with Gasteiger partial charge in [-0.1, -0.05) is 174 Å². The summed E-state index contributed by atoms with van der Waals surface area (Å²) in [6, 6.07) is 24.8. The lowest BCUT2D eigenvalue weighted by molar-refractivity contribution is 0.551. The van der Waals surface area contributed by atoms with Gasteiger partial charge < -0.3 is 0 Å². The summed E-state index contributed by atoms with van der Waals surface area (Å²) in [5.41, 5.74) is 11.0. The minimum absolute atomic E-state index is 0.468. The lowest BCUT2D eigenvalue weighted by Crippen LogP contribution is -2.08. The summed E-state index contributed by atoms with van der Waals surface area (Å²) in [5, 5.41) is 0. The van der Waals surface area contributed by atoms with E-state index in [0.29, 0.717) is 11.8 Å². The zero-order valence-corrected chi connectivity index (χ0v) is 26.1. The molecule has 1 aliphatic rings. The Labute approximate surface area is 251 Å². The van der Waals surface area contributed by atoms with Gasteiger partial charge in [0.1, 0.15) is 0 Å². The summed E-state index contributed by atoms with van der Waals surface area (Å²) >= 11 is 0. The predicted octanol–water partition coefficient (Wildman–Crippen LogP) is 12.5. The molecule has 2 unspecified atom stereocenters. The maximum absolute atomic E-state index is 3.82. The van der Waals surface area contributed by atoms with Gasteiger partial charge >= 0.3 is 0 Å². The van der Waals surface area contributed by atoms with Crippen LogP contribution >= 0.6 is 0 Å². The number of allylic oxidation sites excluding steroid dienone is 9. The minimum atomic E-state index is 0.468. The van der Waals surface area contributed by atoms with Crippen molar-refractivity contribution in [1.29, 1.82) is 0 Å². The van der Waals surface area contributed by atoms with Gasteiger partial charge in [0.25, 0.3) is 0 Å². The number of benzene rings is 3. The van der Waals surface area contributed by atoms with E-state index in [1.165, 1.54) is 44.5 Å². The molecule has 0 bridgehead atoms. The molecule has 1 aliphatic carbocycles. The summed E-state index contributed by atoms with van der Waals surface area (Å²) in [6.45, 7) is 28.1. The van der Waals surface area contributed by atoms with Gasteiger partial charge in [-0.2, -0.15) is 0 Å². The smallest absolute Gasteiger partial charge is 0.00922 e. The van der Waals surface area contributed by atoms with Gasteiger partial charge in [-0.05, 0) is 78.0 Å². The molecule has 0 aromatic heterocycles. The Balaban J connectivity index is 0.000000735. The van der Waals surface area contributed by atoms with Crippen molar-refractivity contribution < 1.29 is 0 Å². The molecule has 0 radical (unpaired) electrons. The molecule has 0 amide bonds. The molecule has 0 fully saturated rings. The fourth-order valence-electron chi connectivity index (χ4n) is 5.06. The summed E-state index contributed by atoms with van der Waals surface area (Å²) in [7, 11) is 0. The van der Waals surface area contributed by atoms with Gasteiger partial charge in [-0.15, -0.1) is 0 Å². The van der Waals surface area contributed by atoms with Crippen LogP contribution in [0.15, 0.2) is 148 Å². The molecule has 0 saturated carbocycles. The van der Waals surface area contributed by atoms with Crippen molar-refractivity contribution in [2.75, 3.05) is 0 Å². The van der Waals surface area contributed by atoms with Crippen molar-refractivity contribution in [3.05, 3.63) is 176 Å².